The van der Waals surface area contributed by atoms with Crippen LogP contribution in [0, 0.1) is 5.82 Å². The second-order valence-corrected chi connectivity index (χ2v) is 7.77. The van der Waals surface area contributed by atoms with E-state index in [-0.39, 0.29) is 11.7 Å². The number of hydrogen-bond acceptors (Lipinski definition) is 4. The highest BCUT2D eigenvalue weighted by Gasteiger charge is 2.13. The maximum Gasteiger partial charge on any atom is 0.220 e. The number of aryl methyl sites for hydroxylation is 1. The molecule has 0 aliphatic carbocycles. The zero-order valence-electron chi connectivity index (χ0n) is 16.6. The number of fused-ring (bicyclic) bond motifs is 1. The van der Waals surface area contributed by atoms with Crippen molar-refractivity contribution in [2.24, 2.45) is 0 Å². The van der Waals surface area contributed by atoms with Gasteiger partial charge in [-0.25, -0.2) is 9.37 Å². The molecule has 0 saturated carbocycles. The number of thiazole rings is 1. The number of carbonyl (C=O) groups is 1. The molecule has 2 aromatic heterocycles. The Morgan fingerprint density at radius 2 is 2.07 bits per heavy atom. The number of rotatable bonds is 8. The molecule has 2 heterocycles. The first-order chi connectivity index (χ1) is 14.6. The van der Waals surface area contributed by atoms with Gasteiger partial charge in [-0.2, -0.15) is 0 Å². The summed E-state index contributed by atoms with van der Waals surface area (Å²) in [5.41, 5.74) is 3.19. The van der Waals surface area contributed by atoms with Gasteiger partial charge in [0.2, 0.25) is 5.91 Å². The third-order valence-electron chi connectivity index (χ3n) is 4.91. The summed E-state index contributed by atoms with van der Waals surface area (Å²) in [6.07, 6.45) is 3.56. The van der Waals surface area contributed by atoms with Crippen LogP contribution >= 0.6 is 11.3 Å². The highest BCUT2D eigenvalue weighted by Crippen LogP contribution is 2.26. The Balaban J connectivity index is 1.33. The molecule has 4 rings (SSSR count). The largest absolute Gasteiger partial charge is 0.497 e. The van der Waals surface area contributed by atoms with E-state index in [9.17, 15) is 9.18 Å². The number of imidazole rings is 1. The van der Waals surface area contributed by atoms with Gasteiger partial charge in [0.15, 0.2) is 4.96 Å². The van der Waals surface area contributed by atoms with Crippen LogP contribution in [0.25, 0.3) is 16.2 Å². The molecule has 0 radical (unpaired) electrons. The van der Waals surface area contributed by atoms with Gasteiger partial charge in [-0.15, -0.1) is 11.3 Å². The highest BCUT2D eigenvalue weighted by molar-refractivity contribution is 7.15. The van der Waals surface area contributed by atoms with Crippen LogP contribution in [0.2, 0.25) is 0 Å². The molecule has 5 nitrogen and oxygen atoms in total. The number of benzene rings is 2. The summed E-state index contributed by atoms with van der Waals surface area (Å²) in [5.74, 6) is 0.530. The van der Waals surface area contributed by atoms with E-state index in [2.05, 4.69) is 10.3 Å². The number of hydrogen-bond donors (Lipinski definition) is 1. The lowest BCUT2D eigenvalue weighted by Gasteiger charge is -2.07. The minimum Gasteiger partial charge on any atom is -0.497 e. The first-order valence-corrected chi connectivity index (χ1v) is 10.6. The molecule has 0 unspecified atom stereocenters. The first kappa shape index (κ1) is 20.1. The van der Waals surface area contributed by atoms with Crippen molar-refractivity contribution in [3.8, 4) is 17.0 Å². The Labute approximate surface area is 178 Å². The van der Waals surface area contributed by atoms with Crippen molar-refractivity contribution in [1.29, 1.82) is 0 Å². The van der Waals surface area contributed by atoms with Crippen molar-refractivity contribution in [2.75, 3.05) is 13.7 Å². The highest BCUT2D eigenvalue weighted by atomic mass is 32.1. The smallest absolute Gasteiger partial charge is 0.220 e. The normalized spacial score (nSPS) is 11.0. The fourth-order valence-electron chi connectivity index (χ4n) is 3.31. The summed E-state index contributed by atoms with van der Waals surface area (Å²) in [6, 6.07) is 14.4. The Morgan fingerprint density at radius 3 is 2.90 bits per heavy atom. The number of carbonyl (C=O) groups excluding carboxylic acids is 1. The molecular weight excluding hydrogens is 401 g/mol. The maximum atomic E-state index is 14.0. The molecule has 0 fully saturated rings. The lowest BCUT2D eigenvalue weighted by Crippen LogP contribution is -2.26. The summed E-state index contributed by atoms with van der Waals surface area (Å²) >= 11 is 1.49. The van der Waals surface area contributed by atoms with Crippen LogP contribution in [0.5, 0.6) is 5.75 Å². The molecule has 0 spiro atoms. The fourth-order valence-corrected chi connectivity index (χ4v) is 4.22. The van der Waals surface area contributed by atoms with Gasteiger partial charge in [-0.3, -0.25) is 9.20 Å². The summed E-state index contributed by atoms with van der Waals surface area (Å²) in [5, 5.41) is 4.96. The van der Waals surface area contributed by atoms with E-state index in [1.807, 2.05) is 40.2 Å². The van der Waals surface area contributed by atoms with Crippen LogP contribution in [-0.2, 0) is 17.6 Å². The van der Waals surface area contributed by atoms with E-state index >= 15 is 0 Å². The zero-order chi connectivity index (χ0) is 20.9. The number of nitrogens with one attached hydrogen (secondary N) is 1. The van der Waals surface area contributed by atoms with Gasteiger partial charge in [0.25, 0.3) is 0 Å². The first-order valence-electron chi connectivity index (χ1n) is 9.74. The average Bonchev–Trinajstić information content (AvgIpc) is 3.34. The summed E-state index contributed by atoms with van der Waals surface area (Å²) < 4.78 is 21.2. The Bertz CT molecular complexity index is 1170. The number of nitrogens with zero attached hydrogens (tertiary/aromatic N) is 2. The minimum absolute atomic E-state index is 0.00619. The topological polar surface area (TPSA) is 55.6 Å². The lowest BCUT2D eigenvalue weighted by atomic mass is 10.1. The van der Waals surface area contributed by atoms with E-state index in [0.29, 0.717) is 30.6 Å². The van der Waals surface area contributed by atoms with E-state index in [1.165, 1.54) is 17.4 Å². The van der Waals surface area contributed by atoms with Crippen molar-refractivity contribution in [3.63, 3.8) is 0 Å². The van der Waals surface area contributed by atoms with Gasteiger partial charge in [-0.05, 0) is 42.7 Å². The van der Waals surface area contributed by atoms with Crippen molar-refractivity contribution in [1.82, 2.24) is 14.7 Å². The van der Waals surface area contributed by atoms with E-state index in [4.69, 9.17) is 4.74 Å². The number of methoxy groups -OCH3 is 1. The number of aromatic nitrogens is 2. The van der Waals surface area contributed by atoms with Crippen molar-refractivity contribution >= 4 is 22.2 Å². The molecule has 1 amide bonds. The Kier molecular flexibility index (Phi) is 6.09. The van der Waals surface area contributed by atoms with E-state index in [1.54, 1.807) is 25.3 Å². The maximum absolute atomic E-state index is 14.0. The number of amides is 1. The molecule has 154 valence electrons. The van der Waals surface area contributed by atoms with Crippen LogP contribution in [0.3, 0.4) is 0 Å². The molecule has 0 saturated heterocycles. The second kappa shape index (κ2) is 9.09. The Hall–Kier alpha value is -3.19. The second-order valence-electron chi connectivity index (χ2n) is 6.94. The molecular formula is C23H22FN3O2S. The van der Waals surface area contributed by atoms with Crippen LogP contribution in [0.4, 0.5) is 4.39 Å². The standard InChI is InChI=1S/C23H22FN3O2S/c1-29-18-6-4-5-16(13-18)11-12-25-22(28)10-9-17-15-30-23-26-21(14-27(17)23)19-7-2-3-8-20(19)24/h2-8,13-15H,9-12H2,1H3,(H,25,28). The fraction of sp³-hybridized carbons (Fsp3) is 0.217. The molecule has 0 atom stereocenters. The van der Waals surface area contributed by atoms with Crippen molar-refractivity contribution in [2.45, 2.75) is 19.3 Å². The van der Waals surface area contributed by atoms with Gasteiger partial charge in [0, 0.05) is 35.8 Å². The third-order valence-corrected chi connectivity index (χ3v) is 5.80. The Morgan fingerprint density at radius 1 is 1.20 bits per heavy atom. The molecule has 1 N–H and O–H groups in total. The third kappa shape index (κ3) is 4.52. The molecule has 0 aliphatic heterocycles. The molecule has 0 aliphatic rings. The zero-order valence-corrected chi connectivity index (χ0v) is 17.4. The van der Waals surface area contributed by atoms with Gasteiger partial charge >= 0.3 is 0 Å². The number of halogens is 1. The van der Waals surface area contributed by atoms with Crippen LogP contribution in [-0.4, -0.2) is 28.9 Å². The molecule has 4 aromatic rings. The number of ether oxygens (including phenoxy) is 1. The lowest BCUT2D eigenvalue weighted by molar-refractivity contribution is -0.121. The van der Waals surface area contributed by atoms with Crippen molar-refractivity contribution in [3.05, 3.63) is 77.2 Å². The molecule has 0 bridgehead atoms. The minimum atomic E-state index is -0.291. The summed E-state index contributed by atoms with van der Waals surface area (Å²) in [6.45, 7) is 0.577. The van der Waals surface area contributed by atoms with Gasteiger partial charge in [-0.1, -0.05) is 24.3 Å². The summed E-state index contributed by atoms with van der Waals surface area (Å²) in [4.78, 5) is 17.6. The van der Waals surface area contributed by atoms with Gasteiger partial charge in [0.1, 0.15) is 11.6 Å². The van der Waals surface area contributed by atoms with E-state index < -0.39 is 0 Å². The van der Waals surface area contributed by atoms with Crippen LogP contribution in [0.1, 0.15) is 17.7 Å². The van der Waals surface area contributed by atoms with Gasteiger partial charge < -0.3 is 10.1 Å². The quantitative estimate of drug-likeness (QED) is 0.454. The van der Waals surface area contributed by atoms with Crippen LogP contribution < -0.4 is 10.1 Å². The monoisotopic (exact) mass is 423 g/mol. The SMILES string of the molecule is COc1cccc(CCNC(=O)CCc2csc3nc(-c4ccccc4F)cn23)c1. The van der Waals surface area contributed by atoms with E-state index in [0.717, 1.165) is 28.4 Å². The molecule has 2 aromatic carbocycles. The van der Waals surface area contributed by atoms with Gasteiger partial charge in [0.05, 0.1) is 12.8 Å². The predicted molar refractivity (Wildman–Crippen MR) is 116 cm³/mol. The predicted octanol–water partition coefficient (Wildman–Crippen LogP) is 4.50. The average molecular weight is 424 g/mol. The van der Waals surface area contributed by atoms with Crippen molar-refractivity contribution < 1.29 is 13.9 Å². The molecule has 7 heteroatoms. The summed E-state index contributed by atoms with van der Waals surface area (Å²) in [7, 11) is 1.64. The molecule has 30 heavy (non-hydrogen) atoms. The van der Waals surface area contributed by atoms with Crippen LogP contribution in [0.15, 0.2) is 60.1 Å².